The number of amidine groups is 1. The number of nitrogens with zero attached hydrogens (tertiary/aromatic N) is 2. The summed E-state index contributed by atoms with van der Waals surface area (Å²) in [6.45, 7) is 2.14. The highest BCUT2D eigenvalue weighted by atomic mass is 16.1. The van der Waals surface area contributed by atoms with E-state index < -0.39 is 0 Å². The first kappa shape index (κ1) is 13.1. The number of rotatable bonds is 4. The normalized spacial score (nSPS) is 27.2. The van der Waals surface area contributed by atoms with Gasteiger partial charge in [0.15, 0.2) is 0 Å². The summed E-state index contributed by atoms with van der Waals surface area (Å²) in [6, 6.07) is 0. The van der Waals surface area contributed by atoms with Crippen molar-refractivity contribution in [1.82, 2.24) is 0 Å². The van der Waals surface area contributed by atoms with Gasteiger partial charge in [-0.25, -0.2) is 4.99 Å². The molecule has 0 aromatic rings. The maximum Gasteiger partial charge on any atom is 0.125 e. The number of unbranched alkanes of at least 4 members (excludes halogenated alkanes) is 1. The Kier molecular flexibility index (Phi) is 5.98. The lowest BCUT2D eigenvalue weighted by atomic mass is 9.82. The smallest absolute Gasteiger partial charge is 0.125 e. The van der Waals surface area contributed by atoms with E-state index in [-0.39, 0.29) is 5.92 Å². The van der Waals surface area contributed by atoms with Crippen LogP contribution in [0.5, 0.6) is 0 Å². The number of hydrogen-bond acceptors (Lipinski definition) is 2. The zero-order valence-corrected chi connectivity index (χ0v) is 10.4. The van der Waals surface area contributed by atoms with Crippen LogP contribution >= 0.6 is 0 Å². The van der Waals surface area contributed by atoms with Crippen molar-refractivity contribution in [1.29, 1.82) is 0 Å². The molecule has 90 valence electrons. The number of aldehydes is 1. The molecule has 0 amide bonds. The van der Waals surface area contributed by atoms with E-state index in [1.165, 1.54) is 0 Å². The van der Waals surface area contributed by atoms with Crippen LogP contribution in [-0.4, -0.2) is 25.4 Å². The second kappa shape index (κ2) is 7.31. The van der Waals surface area contributed by atoms with Crippen molar-refractivity contribution in [2.45, 2.75) is 45.4 Å². The van der Waals surface area contributed by atoms with Gasteiger partial charge in [-0.1, -0.05) is 13.3 Å². The Balaban J connectivity index is 2.46. The number of hydrogen-bond donors (Lipinski definition) is 0. The average Bonchev–Trinajstić information content (AvgIpc) is 2.35. The van der Waals surface area contributed by atoms with Gasteiger partial charge in [0.25, 0.3) is 0 Å². The molecule has 16 heavy (non-hydrogen) atoms. The first-order chi connectivity index (χ1) is 7.81. The molecule has 1 aliphatic rings. The van der Waals surface area contributed by atoms with Gasteiger partial charge < -0.3 is 4.79 Å². The molecule has 0 aromatic heterocycles. The van der Waals surface area contributed by atoms with Crippen LogP contribution in [0.4, 0.5) is 0 Å². The fourth-order valence-corrected chi connectivity index (χ4v) is 2.15. The number of aliphatic imine (C=N–C) groups is 2. The van der Waals surface area contributed by atoms with Crippen molar-refractivity contribution in [2.24, 2.45) is 21.8 Å². The Morgan fingerprint density at radius 1 is 1.31 bits per heavy atom. The second-order valence-electron chi connectivity index (χ2n) is 4.43. The van der Waals surface area contributed by atoms with Gasteiger partial charge in [0.2, 0.25) is 0 Å². The highest BCUT2D eigenvalue weighted by Gasteiger charge is 2.23. The van der Waals surface area contributed by atoms with Crippen LogP contribution in [0.1, 0.15) is 45.4 Å². The molecule has 0 atom stereocenters. The van der Waals surface area contributed by atoms with Crippen LogP contribution in [0.3, 0.4) is 0 Å². The Morgan fingerprint density at radius 3 is 2.50 bits per heavy atom. The summed E-state index contributed by atoms with van der Waals surface area (Å²) in [7, 11) is 1.81. The predicted octanol–water partition coefficient (Wildman–Crippen LogP) is 2.89. The molecule has 3 nitrogen and oxygen atoms in total. The van der Waals surface area contributed by atoms with Gasteiger partial charge >= 0.3 is 0 Å². The summed E-state index contributed by atoms with van der Waals surface area (Å²) in [4.78, 5) is 19.4. The molecule has 1 saturated carbocycles. The monoisotopic (exact) mass is 222 g/mol. The quantitative estimate of drug-likeness (QED) is 0.409. The molecule has 0 aliphatic heterocycles. The fourth-order valence-electron chi connectivity index (χ4n) is 2.15. The number of carbonyl (C=O) groups is 1. The molecular formula is C13H22N2O. The summed E-state index contributed by atoms with van der Waals surface area (Å²) >= 11 is 0. The fraction of sp³-hybridized carbons (Fsp3) is 0.769. The molecule has 0 spiro atoms. The van der Waals surface area contributed by atoms with Crippen molar-refractivity contribution in [3.8, 4) is 0 Å². The average molecular weight is 222 g/mol. The van der Waals surface area contributed by atoms with Gasteiger partial charge in [-0.15, -0.1) is 0 Å². The van der Waals surface area contributed by atoms with Gasteiger partial charge in [-0.2, -0.15) is 0 Å². The molecule has 0 bridgehead atoms. The topological polar surface area (TPSA) is 41.8 Å². The SMILES string of the molecule is CCCC=NC(=NC)C1CCC(C=O)CC1. The van der Waals surface area contributed by atoms with Crippen LogP contribution in [0.25, 0.3) is 0 Å². The van der Waals surface area contributed by atoms with E-state index in [1.807, 2.05) is 13.3 Å². The predicted molar refractivity (Wildman–Crippen MR) is 68.3 cm³/mol. The molecule has 0 aromatic carbocycles. The van der Waals surface area contributed by atoms with Crippen molar-refractivity contribution < 1.29 is 4.79 Å². The summed E-state index contributed by atoms with van der Waals surface area (Å²) < 4.78 is 0. The minimum absolute atomic E-state index is 0.272. The minimum atomic E-state index is 0.272. The lowest BCUT2D eigenvalue weighted by Gasteiger charge is -2.24. The van der Waals surface area contributed by atoms with Crippen molar-refractivity contribution >= 4 is 18.3 Å². The van der Waals surface area contributed by atoms with Crippen LogP contribution in [0.2, 0.25) is 0 Å². The van der Waals surface area contributed by atoms with Crippen LogP contribution in [0.15, 0.2) is 9.98 Å². The Hall–Kier alpha value is -0.990. The molecular weight excluding hydrogens is 200 g/mol. The van der Waals surface area contributed by atoms with E-state index in [4.69, 9.17) is 0 Å². The van der Waals surface area contributed by atoms with Gasteiger partial charge in [0, 0.05) is 25.1 Å². The maximum absolute atomic E-state index is 10.7. The molecule has 0 heterocycles. The summed E-state index contributed by atoms with van der Waals surface area (Å²) in [5.41, 5.74) is 0. The molecule has 0 unspecified atom stereocenters. The second-order valence-corrected chi connectivity index (χ2v) is 4.43. The van der Waals surface area contributed by atoms with Gasteiger partial charge in [-0.05, 0) is 32.1 Å². The standard InChI is InChI=1S/C13H22N2O/c1-3-4-9-15-13(14-2)12-7-5-11(10-16)6-8-12/h9-12H,3-8H2,1-2H3. The van der Waals surface area contributed by atoms with E-state index in [0.717, 1.165) is 50.6 Å². The Morgan fingerprint density at radius 2 is 2.00 bits per heavy atom. The first-order valence-electron chi connectivity index (χ1n) is 6.26. The molecule has 1 aliphatic carbocycles. The first-order valence-corrected chi connectivity index (χ1v) is 6.26. The van der Waals surface area contributed by atoms with Crippen LogP contribution in [0, 0.1) is 11.8 Å². The van der Waals surface area contributed by atoms with E-state index in [2.05, 4.69) is 16.9 Å². The van der Waals surface area contributed by atoms with Crippen LogP contribution in [-0.2, 0) is 4.79 Å². The highest BCUT2D eigenvalue weighted by molar-refractivity contribution is 5.91. The Labute approximate surface area is 98.1 Å². The maximum atomic E-state index is 10.7. The third-order valence-electron chi connectivity index (χ3n) is 3.20. The zero-order valence-electron chi connectivity index (χ0n) is 10.4. The Bertz CT molecular complexity index is 263. The third-order valence-corrected chi connectivity index (χ3v) is 3.20. The van der Waals surface area contributed by atoms with Gasteiger partial charge in [0.05, 0.1) is 0 Å². The van der Waals surface area contributed by atoms with E-state index in [9.17, 15) is 4.79 Å². The van der Waals surface area contributed by atoms with Crippen LogP contribution < -0.4 is 0 Å². The third kappa shape index (κ3) is 3.87. The van der Waals surface area contributed by atoms with Gasteiger partial charge in [-0.3, -0.25) is 4.99 Å². The molecule has 0 saturated heterocycles. The molecule has 3 heteroatoms. The molecule has 0 radical (unpaired) electrons. The lowest BCUT2D eigenvalue weighted by molar-refractivity contribution is -0.112. The van der Waals surface area contributed by atoms with E-state index in [0.29, 0.717) is 5.92 Å². The zero-order chi connectivity index (χ0) is 11.8. The summed E-state index contributed by atoms with van der Waals surface area (Å²) in [5, 5.41) is 0. The molecule has 1 fully saturated rings. The largest absolute Gasteiger partial charge is 0.303 e. The van der Waals surface area contributed by atoms with Gasteiger partial charge in [0.1, 0.15) is 12.1 Å². The van der Waals surface area contributed by atoms with Crippen molar-refractivity contribution in [3.05, 3.63) is 0 Å². The summed E-state index contributed by atoms with van der Waals surface area (Å²) in [5.74, 6) is 1.71. The highest BCUT2D eigenvalue weighted by Crippen LogP contribution is 2.28. The van der Waals surface area contributed by atoms with Crippen molar-refractivity contribution in [2.75, 3.05) is 7.05 Å². The van der Waals surface area contributed by atoms with E-state index >= 15 is 0 Å². The lowest BCUT2D eigenvalue weighted by Crippen LogP contribution is -2.21. The molecule has 1 rings (SSSR count). The number of carbonyl (C=O) groups excluding carboxylic acids is 1. The van der Waals surface area contributed by atoms with E-state index in [1.54, 1.807) is 0 Å². The van der Waals surface area contributed by atoms with Crippen molar-refractivity contribution in [3.63, 3.8) is 0 Å². The molecule has 0 N–H and O–H groups in total. The minimum Gasteiger partial charge on any atom is -0.303 e. The summed E-state index contributed by atoms with van der Waals surface area (Å²) in [6.07, 6.45) is 9.31.